The average Bonchev–Trinajstić information content (AvgIpc) is 3.06. The zero-order valence-corrected chi connectivity index (χ0v) is 30.3. The van der Waals surface area contributed by atoms with E-state index in [1.165, 1.54) is 51.4 Å². The molecule has 0 heterocycles. The summed E-state index contributed by atoms with van der Waals surface area (Å²) in [5.41, 5.74) is 0. The third kappa shape index (κ3) is 34.3. The minimum Gasteiger partial charge on any atom is -0.462 e. The van der Waals surface area contributed by atoms with Crippen molar-refractivity contribution in [1.82, 2.24) is 0 Å². The van der Waals surface area contributed by atoms with Crippen LogP contribution < -0.4 is 0 Å². The first kappa shape index (κ1) is 44.1. The molecule has 6 heteroatoms. The van der Waals surface area contributed by atoms with E-state index in [0.717, 1.165) is 70.6 Å². The molecule has 47 heavy (non-hydrogen) atoms. The van der Waals surface area contributed by atoms with Crippen LogP contribution in [-0.4, -0.2) is 37.2 Å². The van der Waals surface area contributed by atoms with Crippen molar-refractivity contribution in [1.29, 1.82) is 0 Å². The second kappa shape index (κ2) is 36.0. The third-order valence-corrected chi connectivity index (χ3v) is 7.57. The molecule has 0 amide bonds. The highest BCUT2D eigenvalue weighted by molar-refractivity contribution is 5.72. The molecule has 0 aliphatic rings. The molecule has 6 nitrogen and oxygen atoms in total. The van der Waals surface area contributed by atoms with E-state index in [2.05, 4.69) is 69.4 Å². The Hall–Kier alpha value is -2.89. The van der Waals surface area contributed by atoms with Gasteiger partial charge >= 0.3 is 17.9 Å². The number of hydrogen-bond donors (Lipinski definition) is 0. The smallest absolute Gasteiger partial charge is 0.309 e. The van der Waals surface area contributed by atoms with Crippen LogP contribution in [0.2, 0.25) is 0 Å². The maximum atomic E-state index is 12.5. The van der Waals surface area contributed by atoms with Crippen LogP contribution in [0.25, 0.3) is 0 Å². The van der Waals surface area contributed by atoms with Crippen molar-refractivity contribution in [2.24, 2.45) is 0 Å². The summed E-state index contributed by atoms with van der Waals surface area (Å²) in [6.45, 7) is 6.29. The van der Waals surface area contributed by atoms with E-state index in [0.29, 0.717) is 12.8 Å². The van der Waals surface area contributed by atoms with Crippen LogP contribution in [0.4, 0.5) is 0 Å². The van der Waals surface area contributed by atoms with Crippen molar-refractivity contribution >= 4 is 17.9 Å². The minimum atomic E-state index is -0.803. The first-order chi connectivity index (χ1) is 23.0. The Morgan fingerprint density at radius 2 is 0.830 bits per heavy atom. The van der Waals surface area contributed by atoms with Gasteiger partial charge in [0.25, 0.3) is 0 Å². The molecule has 0 saturated carbocycles. The van der Waals surface area contributed by atoms with E-state index in [1.54, 1.807) is 6.08 Å². The summed E-state index contributed by atoms with van der Waals surface area (Å²) in [6, 6.07) is 0. The molecule has 268 valence electrons. The van der Waals surface area contributed by atoms with Crippen LogP contribution in [0.5, 0.6) is 0 Å². The molecule has 0 saturated heterocycles. The Morgan fingerprint density at radius 3 is 1.30 bits per heavy atom. The number of rotatable bonds is 32. The Balaban J connectivity index is 4.46. The van der Waals surface area contributed by atoms with Gasteiger partial charge < -0.3 is 14.2 Å². The van der Waals surface area contributed by atoms with Crippen LogP contribution in [0.3, 0.4) is 0 Å². The molecular formula is C41H68O6. The second-order valence-corrected chi connectivity index (χ2v) is 12.1. The van der Waals surface area contributed by atoms with E-state index in [-0.39, 0.29) is 31.6 Å². The first-order valence-corrected chi connectivity index (χ1v) is 18.8. The Labute approximate surface area is 288 Å². The average molecular weight is 657 g/mol. The van der Waals surface area contributed by atoms with Crippen molar-refractivity contribution in [3.05, 3.63) is 60.8 Å². The Bertz CT molecular complexity index is 898. The van der Waals surface area contributed by atoms with Gasteiger partial charge in [-0.2, -0.15) is 0 Å². The van der Waals surface area contributed by atoms with Gasteiger partial charge in [-0.05, 0) is 44.9 Å². The fourth-order valence-electron chi connectivity index (χ4n) is 4.75. The van der Waals surface area contributed by atoms with Gasteiger partial charge in [0.1, 0.15) is 13.2 Å². The van der Waals surface area contributed by atoms with Crippen molar-refractivity contribution in [2.45, 2.75) is 168 Å². The lowest BCUT2D eigenvalue weighted by Crippen LogP contribution is -2.30. The summed E-state index contributed by atoms with van der Waals surface area (Å²) in [4.78, 5) is 37.1. The summed E-state index contributed by atoms with van der Waals surface area (Å²) >= 11 is 0. The van der Waals surface area contributed by atoms with Crippen LogP contribution in [0.1, 0.15) is 162 Å². The topological polar surface area (TPSA) is 78.9 Å². The van der Waals surface area contributed by atoms with Gasteiger partial charge in [-0.25, -0.2) is 0 Å². The quantitative estimate of drug-likeness (QED) is 0.0310. The van der Waals surface area contributed by atoms with E-state index in [9.17, 15) is 14.4 Å². The number of carbonyl (C=O) groups is 3. The molecule has 1 atom stereocenters. The molecular weight excluding hydrogens is 588 g/mol. The molecule has 0 radical (unpaired) electrons. The number of hydrogen-bond acceptors (Lipinski definition) is 6. The van der Waals surface area contributed by atoms with Gasteiger partial charge in [0.15, 0.2) is 6.10 Å². The van der Waals surface area contributed by atoms with Gasteiger partial charge in [-0.15, -0.1) is 0 Å². The summed E-state index contributed by atoms with van der Waals surface area (Å²) in [5.74, 6) is -1.06. The number of esters is 3. The summed E-state index contributed by atoms with van der Waals surface area (Å²) < 4.78 is 16.4. The van der Waals surface area contributed by atoms with Crippen molar-refractivity contribution in [3.63, 3.8) is 0 Å². The predicted octanol–water partition coefficient (Wildman–Crippen LogP) is 11.4. The number of unbranched alkanes of at least 4 members (excludes halogenated alkanes) is 12. The van der Waals surface area contributed by atoms with Crippen molar-refractivity contribution in [2.75, 3.05) is 13.2 Å². The monoisotopic (exact) mass is 657 g/mol. The zero-order chi connectivity index (χ0) is 34.5. The van der Waals surface area contributed by atoms with Crippen LogP contribution in [-0.2, 0) is 28.6 Å². The van der Waals surface area contributed by atoms with Gasteiger partial charge in [0.2, 0.25) is 0 Å². The standard InChI is InChI=1S/C41H68O6/c1-4-7-10-13-16-18-19-20-21-22-23-24-26-28-31-34-40(43)46-37-38(36-45-39(42)33-30-27-15-12-9-6-3)47-41(44)35-32-29-25-17-14-11-8-5-2/h7,10,16,18,20-21,23-24,28,31,38H,4-6,8-9,11-15,17,19,22,25-27,29-30,32-37H2,1-3H3/b10-7-,18-16-,21-20-,24-23-,31-28-. The minimum absolute atomic E-state index is 0.104. The van der Waals surface area contributed by atoms with Crippen molar-refractivity contribution < 1.29 is 28.6 Å². The molecule has 0 bridgehead atoms. The lowest BCUT2D eigenvalue weighted by molar-refractivity contribution is -0.166. The van der Waals surface area contributed by atoms with Gasteiger partial charge in [0, 0.05) is 12.8 Å². The van der Waals surface area contributed by atoms with Crippen molar-refractivity contribution in [3.8, 4) is 0 Å². The summed E-state index contributed by atoms with van der Waals surface area (Å²) in [7, 11) is 0. The largest absolute Gasteiger partial charge is 0.462 e. The van der Waals surface area contributed by atoms with E-state index in [4.69, 9.17) is 14.2 Å². The highest BCUT2D eigenvalue weighted by Crippen LogP contribution is 2.12. The van der Waals surface area contributed by atoms with E-state index >= 15 is 0 Å². The Kier molecular flexibility index (Phi) is 33.7. The molecule has 0 aliphatic heterocycles. The van der Waals surface area contributed by atoms with Gasteiger partial charge in [-0.3, -0.25) is 14.4 Å². The number of carbonyl (C=O) groups excluding carboxylic acids is 3. The SMILES string of the molecule is CC/C=C\C/C=C\C/C=C\C/C=C\C/C=C\CC(=O)OCC(COC(=O)CCCCCCCC)OC(=O)CCCCCCCCCC. The van der Waals surface area contributed by atoms with E-state index in [1.807, 2.05) is 6.08 Å². The molecule has 0 rings (SSSR count). The molecule has 1 unspecified atom stereocenters. The van der Waals surface area contributed by atoms with Crippen LogP contribution >= 0.6 is 0 Å². The molecule has 0 N–H and O–H groups in total. The van der Waals surface area contributed by atoms with Crippen LogP contribution in [0, 0.1) is 0 Å². The maximum absolute atomic E-state index is 12.5. The fourth-order valence-corrected chi connectivity index (χ4v) is 4.75. The second-order valence-electron chi connectivity index (χ2n) is 12.1. The summed E-state index contributed by atoms with van der Waals surface area (Å²) in [5, 5.41) is 0. The Morgan fingerprint density at radius 1 is 0.447 bits per heavy atom. The van der Waals surface area contributed by atoms with Gasteiger partial charge in [-0.1, -0.05) is 159 Å². The maximum Gasteiger partial charge on any atom is 0.309 e. The highest BCUT2D eigenvalue weighted by Gasteiger charge is 2.19. The molecule has 0 fully saturated rings. The molecule has 0 aromatic heterocycles. The first-order valence-electron chi connectivity index (χ1n) is 18.8. The number of ether oxygens (including phenoxy) is 3. The third-order valence-electron chi connectivity index (χ3n) is 7.57. The summed E-state index contributed by atoms with van der Waals surface area (Å²) in [6.07, 6.45) is 41.1. The predicted molar refractivity (Wildman–Crippen MR) is 196 cm³/mol. The molecule has 0 aromatic carbocycles. The molecule has 0 aromatic rings. The van der Waals surface area contributed by atoms with Crippen LogP contribution in [0.15, 0.2) is 60.8 Å². The van der Waals surface area contributed by atoms with Gasteiger partial charge in [0.05, 0.1) is 6.42 Å². The normalized spacial score (nSPS) is 12.7. The zero-order valence-electron chi connectivity index (χ0n) is 30.3. The molecule has 0 aliphatic carbocycles. The van der Waals surface area contributed by atoms with E-state index < -0.39 is 12.1 Å². The lowest BCUT2D eigenvalue weighted by Gasteiger charge is -2.18. The highest BCUT2D eigenvalue weighted by atomic mass is 16.6. The fraction of sp³-hybridized carbons (Fsp3) is 0.683. The molecule has 0 spiro atoms. The lowest BCUT2D eigenvalue weighted by atomic mass is 10.1. The number of allylic oxidation sites excluding steroid dienone is 9.